The van der Waals surface area contributed by atoms with Gasteiger partial charge in [-0.15, -0.1) is 0 Å². The van der Waals surface area contributed by atoms with Crippen LogP contribution in [0.25, 0.3) is 0 Å². The number of para-hydroxylation sites is 1. The fraction of sp³-hybridized carbons (Fsp3) is 0. The molecule has 2 aromatic carbocycles. The Hall–Kier alpha value is -1.32. The van der Waals surface area contributed by atoms with Gasteiger partial charge in [0.15, 0.2) is 5.17 Å². The van der Waals surface area contributed by atoms with Crippen molar-refractivity contribution in [1.29, 1.82) is 0 Å². The van der Waals surface area contributed by atoms with Crippen molar-refractivity contribution in [3.8, 4) is 0 Å². The van der Waals surface area contributed by atoms with Gasteiger partial charge < -0.3 is 0 Å². The van der Waals surface area contributed by atoms with Gasteiger partial charge in [-0.2, -0.15) is 5.10 Å². The molecule has 2 aromatic rings. The zero-order chi connectivity index (χ0) is 12.1. The molecule has 86 valence electrons. The minimum atomic E-state index is 0.432. The summed E-state index contributed by atoms with van der Waals surface area (Å²) in [6.45, 7) is 0. The van der Waals surface area contributed by atoms with Gasteiger partial charge in [0.2, 0.25) is 0 Å². The van der Waals surface area contributed by atoms with Gasteiger partial charge in [-0.25, -0.2) is 0 Å². The molecular weight excluding hydrogens is 300 g/mol. The van der Waals surface area contributed by atoms with Crippen LogP contribution in [0.4, 0.5) is 5.69 Å². The van der Waals surface area contributed by atoms with E-state index in [1.165, 1.54) is 0 Å². The first kappa shape index (κ1) is 12.1. The summed E-state index contributed by atoms with van der Waals surface area (Å²) in [7, 11) is 0. The van der Waals surface area contributed by atoms with Crippen LogP contribution in [0.1, 0.15) is 5.56 Å². The Morgan fingerprint density at radius 1 is 1.00 bits per heavy atom. The van der Waals surface area contributed by atoms with Crippen LogP contribution in [0.3, 0.4) is 0 Å². The zero-order valence-electron chi connectivity index (χ0n) is 8.90. The van der Waals surface area contributed by atoms with Crippen molar-refractivity contribution in [2.45, 2.75) is 0 Å². The minimum absolute atomic E-state index is 0.432. The first-order valence-electron chi connectivity index (χ1n) is 5.06. The molecule has 2 nitrogen and oxygen atoms in total. The van der Waals surface area contributed by atoms with Crippen LogP contribution < -0.4 is 5.43 Å². The van der Waals surface area contributed by atoms with Crippen molar-refractivity contribution in [2.75, 3.05) is 5.43 Å². The van der Waals surface area contributed by atoms with Crippen LogP contribution in [0, 0.1) is 0 Å². The fourth-order valence-corrected chi connectivity index (χ4v) is 1.71. The predicted octanol–water partition coefficient (Wildman–Crippen LogP) is 4.46. The van der Waals surface area contributed by atoms with E-state index in [4.69, 9.17) is 11.6 Å². The quantitative estimate of drug-likeness (QED) is 0.657. The molecule has 0 aliphatic carbocycles. The number of benzene rings is 2. The van der Waals surface area contributed by atoms with Crippen LogP contribution >= 0.6 is 27.5 Å². The van der Waals surface area contributed by atoms with Crippen LogP contribution in [0.5, 0.6) is 0 Å². The molecule has 0 aromatic heterocycles. The second kappa shape index (κ2) is 5.84. The third kappa shape index (κ3) is 3.58. The molecule has 0 bridgehead atoms. The highest BCUT2D eigenvalue weighted by molar-refractivity contribution is 9.10. The molecule has 0 saturated heterocycles. The van der Waals surface area contributed by atoms with Gasteiger partial charge in [0.1, 0.15) is 0 Å². The van der Waals surface area contributed by atoms with Gasteiger partial charge in [-0.05, 0) is 24.3 Å². The Kier molecular flexibility index (Phi) is 4.18. The van der Waals surface area contributed by atoms with Crippen molar-refractivity contribution in [1.82, 2.24) is 0 Å². The van der Waals surface area contributed by atoms with E-state index in [9.17, 15) is 0 Å². The maximum absolute atomic E-state index is 6.08. The molecule has 0 aliphatic rings. The Morgan fingerprint density at radius 3 is 2.29 bits per heavy atom. The Bertz CT molecular complexity index is 509. The number of rotatable bonds is 3. The number of hydrogen-bond acceptors (Lipinski definition) is 2. The van der Waals surface area contributed by atoms with Crippen molar-refractivity contribution < 1.29 is 0 Å². The lowest BCUT2D eigenvalue weighted by Crippen LogP contribution is -1.96. The molecule has 0 spiro atoms. The monoisotopic (exact) mass is 308 g/mol. The maximum Gasteiger partial charge on any atom is 0.156 e. The number of hydrogen-bond donors (Lipinski definition) is 1. The summed E-state index contributed by atoms with van der Waals surface area (Å²) in [6.07, 6.45) is 0. The van der Waals surface area contributed by atoms with Gasteiger partial charge in [0.25, 0.3) is 0 Å². The number of anilines is 1. The average Bonchev–Trinajstić information content (AvgIpc) is 2.38. The van der Waals surface area contributed by atoms with E-state index in [-0.39, 0.29) is 0 Å². The summed E-state index contributed by atoms with van der Waals surface area (Å²) in [5, 5.41) is 4.54. The molecule has 0 heterocycles. The van der Waals surface area contributed by atoms with E-state index < -0.39 is 0 Å². The van der Waals surface area contributed by atoms with E-state index >= 15 is 0 Å². The summed E-state index contributed by atoms with van der Waals surface area (Å²) in [4.78, 5) is 0. The van der Waals surface area contributed by atoms with Crippen LogP contribution in [-0.4, -0.2) is 5.17 Å². The third-order valence-corrected chi connectivity index (χ3v) is 2.97. The minimum Gasteiger partial charge on any atom is -0.277 e. The van der Waals surface area contributed by atoms with E-state index in [1.807, 2.05) is 54.6 Å². The Balaban J connectivity index is 2.10. The number of nitrogens with zero attached hydrogens (tertiary/aromatic N) is 1. The lowest BCUT2D eigenvalue weighted by atomic mass is 10.2. The first-order valence-corrected chi connectivity index (χ1v) is 6.23. The molecule has 0 atom stereocenters. The highest BCUT2D eigenvalue weighted by atomic mass is 79.9. The van der Waals surface area contributed by atoms with Crippen molar-refractivity contribution in [3.05, 3.63) is 64.6 Å². The van der Waals surface area contributed by atoms with Crippen molar-refractivity contribution in [2.24, 2.45) is 5.10 Å². The molecule has 2 rings (SSSR count). The summed E-state index contributed by atoms with van der Waals surface area (Å²) in [6, 6.07) is 17.3. The lowest BCUT2D eigenvalue weighted by molar-refractivity contribution is 1.34. The van der Waals surface area contributed by atoms with E-state index in [1.54, 1.807) is 0 Å². The molecule has 0 unspecified atom stereocenters. The normalized spacial score (nSPS) is 11.3. The average molecular weight is 310 g/mol. The third-order valence-electron chi connectivity index (χ3n) is 2.14. The van der Waals surface area contributed by atoms with Crippen LogP contribution in [0.2, 0.25) is 0 Å². The summed E-state index contributed by atoms with van der Waals surface area (Å²) < 4.78 is 1.02. The topological polar surface area (TPSA) is 24.4 Å². The molecular formula is C13H10BrClN2. The van der Waals surface area contributed by atoms with Gasteiger partial charge >= 0.3 is 0 Å². The highest BCUT2D eigenvalue weighted by Gasteiger charge is 1.99. The molecule has 0 radical (unpaired) electrons. The largest absolute Gasteiger partial charge is 0.277 e. The van der Waals surface area contributed by atoms with Crippen molar-refractivity contribution in [3.63, 3.8) is 0 Å². The molecule has 0 saturated carbocycles. The standard InChI is InChI=1S/C13H10BrClN2/c14-11-8-6-10(7-9-11)13(15)17-16-12-4-2-1-3-5-12/h1-9,16H. The lowest BCUT2D eigenvalue weighted by Gasteiger charge is -2.01. The van der Waals surface area contributed by atoms with E-state index in [0.29, 0.717) is 5.17 Å². The summed E-state index contributed by atoms with van der Waals surface area (Å²) in [5.41, 5.74) is 4.68. The van der Waals surface area contributed by atoms with Crippen LogP contribution in [-0.2, 0) is 0 Å². The maximum atomic E-state index is 6.08. The fourth-order valence-electron chi connectivity index (χ4n) is 1.28. The van der Waals surface area contributed by atoms with Gasteiger partial charge in [0.05, 0.1) is 5.69 Å². The molecule has 0 aliphatic heterocycles. The zero-order valence-corrected chi connectivity index (χ0v) is 11.2. The summed E-state index contributed by atoms with van der Waals surface area (Å²) in [5.74, 6) is 0. The highest BCUT2D eigenvalue weighted by Crippen LogP contribution is 2.13. The number of nitrogens with one attached hydrogen (secondary N) is 1. The van der Waals surface area contributed by atoms with Crippen molar-refractivity contribution >= 4 is 38.4 Å². The molecule has 0 amide bonds. The number of hydrazone groups is 1. The van der Waals surface area contributed by atoms with E-state index in [2.05, 4.69) is 26.5 Å². The van der Waals surface area contributed by atoms with Gasteiger partial charge in [0, 0.05) is 10.0 Å². The Morgan fingerprint density at radius 2 is 1.65 bits per heavy atom. The molecule has 17 heavy (non-hydrogen) atoms. The summed E-state index contributed by atoms with van der Waals surface area (Å²) >= 11 is 9.45. The smallest absolute Gasteiger partial charge is 0.156 e. The molecule has 4 heteroatoms. The molecule has 1 N–H and O–H groups in total. The van der Waals surface area contributed by atoms with Crippen LogP contribution in [0.15, 0.2) is 64.2 Å². The SMILES string of the molecule is ClC(=NNc1ccccc1)c1ccc(Br)cc1. The first-order chi connectivity index (χ1) is 8.25. The second-order valence-corrected chi connectivity index (χ2v) is 4.66. The van der Waals surface area contributed by atoms with Gasteiger partial charge in [-0.3, -0.25) is 5.43 Å². The number of halogens is 2. The Labute approximate surface area is 113 Å². The second-order valence-electron chi connectivity index (χ2n) is 3.39. The molecule has 0 fully saturated rings. The van der Waals surface area contributed by atoms with E-state index in [0.717, 1.165) is 15.7 Å². The van der Waals surface area contributed by atoms with Gasteiger partial charge in [-0.1, -0.05) is 57.9 Å². The predicted molar refractivity (Wildman–Crippen MR) is 76.6 cm³/mol.